The van der Waals surface area contributed by atoms with E-state index in [1.165, 1.54) is 0 Å². The number of rotatable bonds is 4. The fraction of sp³-hybridized carbons (Fsp3) is 0.462. The van der Waals surface area contributed by atoms with Crippen molar-refractivity contribution in [3.63, 3.8) is 0 Å². The van der Waals surface area contributed by atoms with Gasteiger partial charge in [-0.2, -0.15) is 0 Å². The van der Waals surface area contributed by atoms with E-state index in [-0.39, 0.29) is 11.7 Å². The average molecular weight is 236 g/mol. The summed E-state index contributed by atoms with van der Waals surface area (Å²) < 4.78 is 0. The van der Waals surface area contributed by atoms with Crippen molar-refractivity contribution in [1.82, 2.24) is 4.90 Å². The number of phenols is 1. The number of nitrogens with zero attached hydrogens (tertiary/aromatic N) is 1. The van der Waals surface area contributed by atoms with Gasteiger partial charge in [0.1, 0.15) is 5.75 Å². The van der Waals surface area contributed by atoms with Crippen molar-refractivity contribution in [3.05, 3.63) is 23.3 Å². The summed E-state index contributed by atoms with van der Waals surface area (Å²) in [7, 11) is 1.70. The molecule has 0 fully saturated rings. The van der Waals surface area contributed by atoms with Gasteiger partial charge in [-0.05, 0) is 32.4 Å². The van der Waals surface area contributed by atoms with Crippen molar-refractivity contribution in [2.24, 2.45) is 0 Å². The zero-order chi connectivity index (χ0) is 13.0. The van der Waals surface area contributed by atoms with Crippen molar-refractivity contribution < 1.29 is 9.90 Å². The maximum Gasteiger partial charge on any atom is 0.256 e. The van der Waals surface area contributed by atoms with E-state index in [0.717, 1.165) is 5.56 Å². The van der Waals surface area contributed by atoms with Gasteiger partial charge in [-0.3, -0.25) is 4.79 Å². The van der Waals surface area contributed by atoms with Gasteiger partial charge in [0.25, 0.3) is 5.91 Å². The Morgan fingerprint density at radius 3 is 2.41 bits per heavy atom. The lowest BCUT2D eigenvalue weighted by atomic mass is 10.0. The van der Waals surface area contributed by atoms with Crippen LogP contribution in [0.3, 0.4) is 0 Å². The van der Waals surface area contributed by atoms with Crippen LogP contribution in [0.15, 0.2) is 12.1 Å². The van der Waals surface area contributed by atoms with Gasteiger partial charge in [0.15, 0.2) is 0 Å². The van der Waals surface area contributed by atoms with Crippen LogP contribution in [0.2, 0.25) is 0 Å². The number of aryl methyl sites for hydroxylation is 1. The van der Waals surface area contributed by atoms with Gasteiger partial charge in [-0.1, -0.05) is 6.07 Å². The van der Waals surface area contributed by atoms with Crippen LogP contribution in [0.1, 0.15) is 29.8 Å². The van der Waals surface area contributed by atoms with Gasteiger partial charge in [0.05, 0.1) is 11.3 Å². The zero-order valence-corrected chi connectivity index (χ0v) is 10.9. The molecule has 1 aromatic rings. The summed E-state index contributed by atoms with van der Waals surface area (Å²) in [5, 5.41) is 12.6. The average Bonchev–Trinajstić information content (AvgIpc) is 2.33. The third-order valence-corrected chi connectivity index (χ3v) is 2.91. The monoisotopic (exact) mass is 236 g/mol. The maximum absolute atomic E-state index is 12.3. The molecule has 94 valence electrons. The first kappa shape index (κ1) is 13.4. The number of aromatic hydroxyl groups is 1. The van der Waals surface area contributed by atoms with Crippen molar-refractivity contribution in [3.8, 4) is 5.75 Å². The van der Waals surface area contributed by atoms with Crippen LogP contribution in [-0.2, 0) is 0 Å². The molecule has 1 amide bonds. The lowest BCUT2D eigenvalue weighted by molar-refractivity contribution is 0.0773. The van der Waals surface area contributed by atoms with E-state index in [4.69, 9.17) is 0 Å². The summed E-state index contributed by atoms with van der Waals surface area (Å²) >= 11 is 0. The molecule has 0 aliphatic carbocycles. The molecule has 0 saturated heterocycles. The molecular weight excluding hydrogens is 216 g/mol. The van der Waals surface area contributed by atoms with E-state index < -0.39 is 0 Å². The Morgan fingerprint density at radius 2 is 1.94 bits per heavy atom. The van der Waals surface area contributed by atoms with E-state index in [1.807, 2.05) is 20.8 Å². The van der Waals surface area contributed by atoms with E-state index in [9.17, 15) is 9.90 Å². The standard InChI is InChI=1S/C13H20N2O2/c1-5-15(6-2)13(17)11-9(3)7-8-10(16)12(11)14-4/h7-8,14,16H,5-6H2,1-4H3. The van der Waals surface area contributed by atoms with Gasteiger partial charge >= 0.3 is 0 Å². The quantitative estimate of drug-likeness (QED) is 0.788. The van der Waals surface area contributed by atoms with Crippen molar-refractivity contribution in [1.29, 1.82) is 0 Å². The summed E-state index contributed by atoms with van der Waals surface area (Å²) in [4.78, 5) is 14.1. The maximum atomic E-state index is 12.3. The van der Waals surface area contributed by atoms with Crippen LogP contribution in [0.4, 0.5) is 5.69 Å². The first-order valence-corrected chi connectivity index (χ1v) is 5.86. The third-order valence-electron chi connectivity index (χ3n) is 2.91. The largest absolute Gasteiger partial charge is 0.506 e. The van der Waals surface area contributed by atoms with Gasteiger partial charge in [-0.25, -0.2) is 0 Å². The predicted octanol–water partition coefficient (Wildman–Crippen LogP) is 2.22. The minimum absolute atomic E-state index is 0.0484. The highest BCUT2D eigenvalue weighted by Crippen LogP contribution is 2.30. The number of phenolic OH excluding ortho intramolecular Hbond substituents is 1. The molecule has 0 spiro atoms. The first-order valence-electron chi connectivity index (χ1n) is 5.86. The second-order valence-electron chi connectivity index (χ2n) is 3.88. The molecular formula is C13H20N2O2. The number of nitrogens with one attached hydrogen (secondary N) is 1. The number of anilines is 1. The number of benzene rings is 1. The normalized spacial score (nSPS) is 10.1. The number of hydrogen-bond acceptors (Lipinski definition) is 3. The Kier molecular flexibility index (Phi) is 4.37. The fourth-order valence-electron chi connectivity index (χ4n) is 1.89. The second-order valence-corrected chi connectivity index (χ2v) is 3.88. The van der Waals surface area contributed by atoms with Crippen LogP contribution in [-0.4, -0.2) is 36.1 Å². The van der Waals surface area contributed by atoms with Gasteiger partial charge in [0.2, 0.25) is 0 Å². The van der Waals surface area contributed by atoms with Crippen LogP contribution >= 0.6 is 0 Å². The second kappa shape index (κ2) is 5.57. The molecule has 4 heteroatoms. The van der Waals surface area contributed by atoms with Crippen LogP contribution in [0, 0.1) is 6.92 Å². The van der Waals surface area contributed by atoms with Gasteiger partial charge < -0.3 is 15.3 Å². The SMILES string of the molecule is CCN(CC)C(=O)c1c(C)ccc(O)c1NC. The molecule has 0 unspecified atom stereocenters. The molecule has 1 rings (SSSR count). The Hall–Kier alpha value is -1.71. The molecule has 0 saturated carbocycles. The van der Waals surface area contributed by atoms with Gasteiger partial charge in [0, 0.05) is 20.1 Å². The zero-order valence-electron chi connectivity index (χ0n) is 10.9. The molecule has 1 aromatic carbocycles. The van der Waals surface area contributed by atoms with E-state index in [2.05, 4.69) is 5.32 Å². The third kappa shape index (κ3) is 2.52. The van der Waals surface area contributed by atoms with Crippen molar-refractivity contribution >= 4 is 11.6 Å². The summed E-state index contributed by atoms with van der Waals surface area (Å²) in [6.45, 7) is 7.08. The topological polar surface area (TPSA) is 52.6 Å². The Morgan fingerprint density at radius 1 is 1.35 bits per heavy atom. The Labute approximate surface area is 102 Å². The molecule has 2 N–H and O–H groups in total. The molecule has 0 atom stereocenters. The molecule has 0 aliphatic rings. The predicted molar refractivity (Wildman–Crippen MR) is 69.6 cm³/mol. The lowest BCUT2D eigenvalue weighted by Crippen LogP contribution is -2.31. The minimum atomic E-state index is -0.0484. The Balaban J connectivity index is 3.29. The summed E-state index contributed by atoms with van der Waals surface area (Å²) in [6.07, 6.45) is 0. The minimum Gasteiger partial charge on any atom is -0.506 e. The van der Waals surface area contributed by atoms with E-state index in [0.29, 0.717) is 24.3 Å². The summed E-state index contributed by atoms with van der Waals surface area (Å²) in [5.74, 6) is 0.0568. The summed E-state index contributed by atoms with van der Waals surface area (Å²) in [5.41, 5.74) is 1.92. The number of amides is 1. The van der Waals surface area contributed by atoms with E-state index >= 15 is 0 Å². The Bertz CT molecular complexity index is 412. The number of carbonyl (C=O) groups is 1. The van der Waals surface area contributed by atoms with Crippen LogP contribution in [0.5, 0.6) is 5.75 Å². The summed E-state index contributed by atoms with van der Waals surface area (Å²) in [6, 6.07) is 3.35. The molecule has 0 aromatic heterocycles. The molecule has 4 nitrogen and oxygen atoms in total. The molecule has 0 radical (unpaired) electrons. The highest BCUT2D eigenvalue weighted by Gasteiger charge is 2.20. The first-order chi connectivity index (χ1) is 8.06. The van der Waals surface area contributed by atoms with Crippen molar-refractivity contribution in [2.75, 3.05) is 25.5 Å². The van der Waals surface area contributed by atoms with Crippen molar-refractivity contribution in [2.45, 2.75) is 20.8 Å². The van der Waals surface area contributed by atoms with Gasteiger partial charge in [-0.15, -0.1) is 0 Å². The highest BCUT2D eigenvalue weighted by molar-refractivity contribution is 6.02. The molecule has 17 heavy (non-hydrogen) atoms. The smallest absolute Gasteiger partial charge is 0.256 e. The van der Waals surface area contributed by atoms with Crippen LogP contribution < -0.4 is 5.32 Å². The highest BCUT2D eigenvalue weighted by atomic mass is 16.3. The lowest BCUT2D eigenvalue weighted by Gasteiger charge is -2.22. The van der Waals surface area contributed by atoms with E-state index in [1.54, 1.807) is 24.1 Å². The molecule has 0 aliphatic heterocycles. The number of carbonyl (C=O) groups excluding carboxylic acids is 1. The van der Waals surface area contributed by atoms with Crippen LogP contribution in [0.25, 0.3) is 0 Å². The number of hydrogen-bond donors (Lipinski definition) is 2. The molecule has 0 bridgehead atoms. The molecule has 0 heterocycles. The fourth-order valence-corrected chi connectivity index (χ4v) is 1.89.